The monoisotopic (exact) mass is 432 g/mol. The topological polar surface area (TPSA) is 139 Å². The van der Waals surface area contributed by atoms with Gasteiger partial charge in [0, 0.05) is 12.2 Å². The van der Waals surface area contributed by atoms with Gasteiger partial charge >= 0.3 is 5.97 Å². The number of hydrogen-bond donors (Lipinski definition) is 4. The summed E-state index contributed by atoms with van der Waals surface area (Å²) in [6.45, 7) is 0.316. The molecule has 1 saturated heterocycles. The van der Waals surface area contributed by atoms with Crippen LogP contribution < -0.4 is 10.7 Å². The average Bonchev–Trinajstić information content (AvgIpc) is 3.45. The van der Waals surface area contributed by atoms with Crippen molar-refractivity contribution in [3.8, 4) is 0 Å². The number of carbonyl (C=O) groups is 4. The van der Waals surface area contributed by atoms with E-state index in [1.54, 1.807) is 0 Å². The van der Waals surface area contributed by atoms with Crippen molar-refractivity contribution in [3.63, 3.8) is 0 Å². The highest BCUT2D eigenvalue weighted by Crippen LogP contribution is 2.31. The van der Waals surface area contributed by atoms with E-state index in [9.17, 15) is 24.4 Å². The molecule has 4 N–H and O–H groups in total. The highest BCUT2D eigenvalue weighted by atomic mass is 16.5. The second-order valence-electron chi connectivity index (χ2n) is 8.10. The van der Waals surface area contributed by atoms with Gasteiger partial charge in [-0.2, -0.15) is 0 Å². The first-order chi connectivity index (χ1) is 14.9. The number of hydrazine groups is 1. The van der Waals surface area contributed by atoms with Crippen molar-refractivity contribution in [3.05, 3.63) is 29.8 Å². The SMILES string of the molecule is O=CN(O)CC(CC1CCCC1)C(=O)N1NCCC1C(=O)Nc1ccc(C(=O)O)cc1. The summed E-state index contributed by atoms with van der Waals surface area (Å²) in [5, 5.41) is 23.2. The molecule has 3 rings (SSSR count). The normalized spacial score (nSPS) is 19.8. The van der Waals surface area contributed by atoms with Crippen LogP contribution >= 0.6 is 0 Å². The molecule has 0 bridgehead atoms. The lowest BCUT2D eigenvalue weighted by atomic mass is 9.92. The number of anilines is 1. The quantitative estimate of drug-likeness (QED) is 0.263. The molecule has 2 atom stereocenters. The van der Waals surface area contributed by atoms with Gasteiger partial charge in [-0.15, -0.1) is 0 Å². The minimum atomic E-state index is -1.06. The molecule has 168 valence electrons. The third-order valence-corrected chi connectivity index (χ3v) is 5.92. The van der Waals surface area contributed by atoms with E-state index in [0.717, 1.165) is 25.7 Å². The molecule has 1 aromatic rings. The maximum atomic E-state index is 13.2. The summed E-state index contributed by atoms with van der Waals surface area (Å²) in [5.74, 6) is -2.04. The minimum absolute atomic E-state index is 0.107. The first kappa shape index (κ1) is 22.7. The number of amides is 3. The molecule has 3 amide bonds. The van der Waals surface area contributed by atoms with Crippen LogP contribution in [-0.2, 0) is 14.4 Å². The third kappa shape index (κ3) is 5.80. The molecule has 0 radical (unpaired) electrons. The highest BCUT2D eigenvalue weighted by Gasteiger charge is 2.39. The Hall–Kier alpha value is -2.98. The van der Waals surface area contributed by atoms with Gasteiger partial charge in [0.1, 0.15) is 6.04 Å². The van der Waals surface area contributed by atoms with Gasteiger partial charge in [0.15, 0.2) is 0 Å². The van der Waals surface area contributed by atoms with Crippen LogP contribution in [0.2, 0.25) is 0 Å². The van der Waals surface area contributed by atoms with Crippen LogP contribution in [0.1, 0.15) is 48.9 Å². The molecule has 1 saturated carbocycles. The Labute approximate surface area is 180 Å². The van der Waals surface area contributed by atoms with E-state index in [1.807, 2.05) is 0 Å². The summed E-state index contributed by atoms with van der Waals surface area (Å²) in [6.07, 6.45) is 5.48. The molecule has 2 fully saturated rings. The number of carboxylic acids is 1. The molecule has 2 unspecified atom stereocenters. The zero-order valence-corrected chi connectivity index (χ0v) is 17.2. The Morgan fingerprint density at radius 2 is 1.87 bits per heavy atom. The Morgan fingerprint density at radius 3 is 2.48 bits per heavy atom. The Balaban J connectivity index is 1.68. The number of nitrogens with zero attached hydrogens (tertiary/aromatic N) is 2. The number of rotatable bonds is 9. The Bertz CT molecular complexity index is 809. The van der Waals surface area contributed by atoms with Crippen molar-refractivity contribution in [1.29, 1.82) is 0 Å². The maximum Gasteiger partial charge on any atom is 0.335 e. The minimum Gasteiger partial charge on any atom is -0.478 e. The van der Waals surface area contributed by atoms with E-state index in [1.165, 1.54) is 29.3 Å². The van der Waals surface area contributed by atoms with Crippen LogP contribution in [0.25, 0.3) is 0 Å². The molecule has 1 aliphatic heterocycles. The van der Waals surface area contributed by atoms with Gasteiger partial charge in [-0.25, -0.2) is 15.3 Å². The van der Waals surface area contributed by atoms with Crippen molar-refractivity contribution in [2.45, 2.75) is 44.6 Å². The van der Waals surface area contributed by atoms with Crippen LogP contribution in [0.4, 0.5) is 5.69 Å². The zero-order chi connectivity index (χ0) is 22.4. The van der Waals surface area contributed by atoms with Crippen LogP contribution in [-0.4, -0.2) is 63.7 Å². The van der Waals surface area contributed by atoms with Crippen molar-refractivity contribution in [2.75, 3.05) is 18.4 Å². The average molecular weight is 432 g/mol. The van der Waals surface area contributed by atoms with E-state index < -0.39 is 23.8 Å². The summed E-state index contributed by atoms with van der Waals surface area (Å²) < 4.78 is 0. The molecule has 2 aliphatic rings. The summed E-state index contributed by atoms with van der Waals surface area (Å²) in [7, 11) is 0. The Morgan fingerprint density at radius 1 is 1.19 bits per heavy atom. The summed E-state index contributed by atoms with van der Waals surface area (Å²) >= 11 is 0. The molecule has 0 aromatic heterocycles. The molecular weight excluding hydrogens is 404 g/mol. The number of carboxylic acid groups (broad SMARTS) is 1. The maximum absolute atomic E-state index is 13.2. The molecule has 1 aromatic carbocycles. The van der Waals surface area contributed by atoms with Gasteiger partial charge in [-0.1, -0.05) is 25.7 Å². The summed E-state index contributed by atoms with van der Waals surface area (Å²) in [5.41, 5.74) is 3.49. The van der Waals surface area contributed by atoms with Crippen molar-refractivity contribution in [2.24, 2.45) is 11.8 Å². The molecule has 31 heavy (non-hydrogen) atoms. The Kier molecular flexibility index (Phi) is 7.59. The predicted molar refractivity (Wildman–Crippen MR) is 110 cm³/mol. The van der Waals surface area contributed by atoms with Crippen LogP contribution in [0.5, 0.6) is 0 Å². The van der Waals surface area contributed by atoms with E-state index >= 15 is 0 Å². The first-order valence-electron chi connectivity index (χ1n) is 10.5. The second kappa shape index (κ2) is 10.4. The highest BCUT2D eigenvalue weighted by molar-refractivity contribution is 5.98. The van der Waals surface area contributed by atoms with Gasteiger partial charge in [0.25, 0.3) is 0 Å². The number of hydroxylamine groups is 2. The summed E-state index contributed by atoms with van der Waals surface area (Å²) in [6, 6.07) is 5.02. The van der Waals surface area contributed by atoms with Crippen LogP contribution in [0.3, 0.4) is 0 Å². The van der Waals surface area contributed by atoms with Gasteiger partial charge < -0.3 is 10.4 Å². The lowest BCUT2D eigenvalue weighted by Gasteiger charge is -2.30. The predicted octanol–water partition coefficient (Wildman–Crippen LogP) is 1.47. The van der Waals surface area contributed by atoms with Gasteiger partial charge in [-0.05, 0) is 43.0 Å². The van der Waals surface area contributed by atoms with E-state index in [0.29, 0.717) is 36.1 Å². The molecular formula is C21H28N4O6. The van der Waals surface area contributed by atoms with Gasteiger partial charge in [-0.3, -0.25) is 24.6 Å². The van der Waals surface area contributed by atoms with Crippen LogP contribution in [0.15, 0.2) is 24.3 Å². The second-order valence-corrected chi connectivity index (χ2v) is 8.10. The van der Waals surface area contributed by atoms with E-state index in [4.69, 9.17) is 5.11 Å². The fraction of sp³-hybridized carbons (Fsp3) is 0.524. The molecule has 1 heterocycles. The number of hydrogen-bond acceptors (Lipinski definition) is 6. The van der Waals surface area contributed by atoms with Gasteiger partial charge in [0.2, 0.25) is 18.2 Å². The third-order valence-electron chi connectivity index (χ3n) is 5.92. The zero-order valence-electron chi connectivity index (χ0n) is 17.2. The number of carbonyl (C=O) groups excluding carboxylic acids is 3. The van der Waals surface area contributed by atoms with Crippen molar-refractivity contribution < 1.29 is 29.5 Å². The molecule has 10 nitrogen and oxygen atoms in total. The number of aromatic carboxylic acids is 1. The fourth-order valence-electron chi connectivity index (χ4n) is 4.33. The smallest absolute Gasteiger partial charge is 0.335 e. The molecule has 1 aliphatic carbocycles. The summed E-state index contributed by atoms with van der Waals surface area (Å²) in [4.78, 5) is 47.9. The fourth-order valence-corrected chi connectivity index (χ4v) is 4.33. The van der Waals surface area contributed by atoms with Crippen LogP contribution in [0, 0.1) is 11.8 Å². The number of benzene rings is 1. The molecule has 10 heteroatoms. The molecule has 0 spiro atoms. The standard InChI is InChI=1S/C21H28N4O6/c26-13-24(31)12-16(11-14-3-1-2-4-14)20(28)25-18(9-10-22-25)19(27)23-17-7-5-15(6-8-17)21(29)30/h5-8,13-14,16,18,22,31H,1-4,9-12H2,(H,23,27)(H,29,30). The van der Waals surface area contributed by atoms with Gasteiger partial charge in [0.05, 0.1) is 18.0 Å². The largest absolute Gasteiger partial charge is 0.478 e. The van der Waals surface area contributed by atoms with E-state index in [2.05, 4.69) is 10.7 Å². The van der Waals surface area contributed by atoms with Crippen molar-refractivity contribution in [1.82, 2.24) is 15.5 Å². The van der Waals surface area contributed by atoms with E-state index in [-0.39, 0.29) is 24.4 Å². The lowest BCUT2D eigenvalue weighted by molar-refractivity contribution is -0.159. The lowest BCUT2D eigenvalue weighted by Crippen LogP contribution is -2.51. The first-order valence-corrected chi connectivity index (χ1v) is 10.5. The number of nitrogens with one attached hydrogen (secondary N) is 2. The van der Waals surface area contributed by atoms with Crippen molar-refractivity contribution >= 4 is 29.9 Å².